The molecule has 6 heteroatoms. The summed E-state index contributed by atoms with van der Waals surface area (Å²) in [6.07, 6.45) is 6.35. The molecule has 0 radical (unpaired) electrons. The molecule has 0 aliphatic carbocycles. The summed E-state index contributed by atoms with van der Waals surface area (Å²) in [5.74, 6) is -0.0167. The zero-order valence-electron chi connectivity index (χ0n) is 13.9. The summed E-state index contributed by atoms with van der Waals surface area (Å²) in [5.41, 5.74) is 3.46. The van der Waals surface area contributed by atoms with Crippen molar-refractivity contribution < 1.29 is 9.90 Å². The standard InChI is InChI=1S/C19H20ClN3O2/c20-14-3-4-18-13(8-14)5-7-23(19(18)25)17-9-16(10-21-11-17)22-6-1-2-15(22)12-24/h3-4,8-11,15,24H,1-2,5-7,12H2/t15-/m0/s1. The molecule has 3 heterocycles. The number of rotatable bonds is 3. The van der Waals surface area contributed by atoms with Crippen molar-refractivity contribution in [3.8, 4) is 0 Å². The number of nitrogens with zero attached hydrogens (tertiary/aromatic N) is 3. The van der Waals surface area contributed by atoms with Gasteiger partial charge in [-0.25, -0.2) is 0 Å². The first-order valence-electron chi connectivity index (χ1n) is 8.60. The van der Waals surface area contributed by atoms with E-state index in [0.717, 1.165) is 42.7 Å². The molecule has 130 valence electrons. The lowest BCUT2D eigenvalue weighted by Crippen LogP contribution is -2.38. The summed E-state index contributed by atoms with van der Waals surface area (Å²) in [6.45, 7) is 1.66. The Kier molecular flexibility index (Phi) is 4.36. The van der Waals surface area contributed by atoms with Crippen LogP contribution in [0.5, 0.6) is 0 Å². The maximum Gasteiger partial charge on any atom is 0.258 e. The minimum Gasteiger partial charge on any atom is -0.394 e. The van der Waals surface area contributed by atoms with Gasteiger partial charge in [0.05, 0.1) is 36.4 Å². The van der Waals surface area contributed by atoms with Crippen molar-refractivity contribution in [3.63, 3.8) is 0 Å². The van der Waals surface area contributed by atoms with Gasteiger partial charge in [0, 0.05) is 23.7 Å². The summed E-state index contributed by atoms with van der Waals surface area (Å²) in [6, 6.07) is 7.56. The van der Waals surface area contributed by atoms with Crippen molar-refractivity contribution in [1.29, 1.82) is 0 Å². The van der Waals surface area contributed by atoms with E-state index in [4.69, 9.17) is 11.6 Å². The molecule has 2 aromatic rings. The fraction of sp³-hybridized carbons (Fsp3) is 0.368. The first kappa shape index (κ1) is 16.4. The first-order valence-corrected chi connectivity index (χ1v) is 8.98. The van der Waals surface area contributed by atoms with Gasteiger partial charge in [-0.15, -0.1) is 0 Å². The highest BCUT2D eigenvalue weighted by Gasteiger charge is 2.28. The van der Waals surface area contributed by atoms with Crippen molar-refractivity contribution in [2.24, 2.45) is 0 Å². The molecule has 1 aromatic carbocycles. The van der Waals surface area contributed by atoms with Crippen LogP contribution in [-0.4, -0.2) is 41.7 Å². The first-order chi connectivity index (χ1) is 12.2. The minimum atomic E-state index is -0.0167. The van der Waals surface area contributed by atoms with Crippen LogP contribution < -0.4 is 9.80 Å². The number of hydrogen-bond donors (Lipinski definition) is 1. The molecule has 4 rings (SSSR count). The van der Waals surface area contributed by atoms with E-state index < -0.39 is 0 Å². The lowest BCUT2D eigenvalue weighted by molar-refractivity contribution is 0.0980. The van der Waals surface area contributed by atoms with Gasteiger partial charge in [0.2, 0.25) is 0 Å². The van der Waals surface area contributed by atoms with Crippen LogP contribution in [0.15, 0.2) is 36.7 Å². The molecule has 2 aliphatic heterocycles. The predicted molar refractivity (Wildman–Crippen MR) is 98.5 cm³/mol. The molecule has 0 bridgehead atoms. The number of amides is 1. The molecular formula is C19H20ClN3O2. The van der Waals surface area contributed by atoms with Gasteiger partial charge in [0.15, 0.2) is 0 Å². The molecule has 2 aliphatic rings. The van der Waals surface area contributed by atoms with Gasteiger partial charge < -0.3 is 14.9 Å². The van der Waals surface area contributed by atoms with E-state index in [1.807, 2.05) is 12.1 Å². The minimum absolute atomic E-state index is 0.0167. The van der Waals surface area contributed by atoms with Gasteiger partial charge in [0.25, 0.3) is 5.91 Å². The zero-order valence-corrected chi connectivity index (χ0v) is 14.6. The number of aromatic nitrogens is 1. The number of aliphatic hydroxyl groups excluding tert-OH is 1. The molecule has 25 heavy (non-hydrogen) atoms. The molecule has 1 fully saturated rings. The fourth-order valence-electron chi connectivity index (χ4n) is 3.79. The number of fused-ring (bicyclic) bond motifs is 1. The van der Waals surface area contributed by atoms with Crippen molar-refractivity contribution in [1.82, 2.24) is 4.98 Å². The Balaban J connectivity index is 1.63. The van der Waals surface area contributed by atoms with Gasteiger partial charge in [-0.3, -0.25) is 9.78 Å². The highest BCUT2D eigenvalue weighted by Crippen LogP contribution is 2.31. The monoisotopic (exact) mass is 357 g/mol. The lowest BCUT2D eigenvalue weighted by Gasteiger charge is -2.30. The molecule has 5 nitrogen and oxygen atoms in total. The maximum absolute atomic E-state index is 12.9. The third-order valence-corrected chi connectivity index (χ3v) is 5.32. The topological polar surface area (TPSA) is 56.7 Å². The van der Waals surface area contributed by atoms with Crippen molar-refractivity contribution >= 4 is 28.9 Å². The number of carbonyl (C=O) groups excluding carboxylic acids is 1. The SMILES string of the molecule is O=C1c2ccc(Cl)cc2CCN1c1cncc(N2CCC[C@H]2CO)c1. The quantitative estimate of drug-likeness (QED) is 0.917. The Hall–Kier alpha value is -2.11. The van der Waals surface area contributed by atoms with E-state index in [2.05, 4.69) is 9.88 Å². The molecule has 1 saturated heterocycles. The molecule has 1 atom stereocenters. The predicted octanol–water partition coefficient (Wildman–Crippen LogP) is 2.90. The van der Waals surface area contributed by atoms with Crippen molar-refractivity contribution in [3.05, 3.63) is 52.8 Å². The van der Waals surface area contributed by atoms with Gasteiger partial charge in [-0.2, -0.15) is 0 Å². The van der Waals surface area contributed by atoms with Crippen molar-refractivity contribution in [2.75, 3.05) is 29.5 Å². The average molecular weight is 358 g/mol. The molecule has 1 amide bonds. The second-order valence-electron chi connectivity index (χ2n) is 6.58. The highest BCUT2D eigenvalue weighted by atomic mass is 35.5. The van der Waals surface area contributed by atoms with Gasteiger partial charge in [-0.05, 0) is 49.1 Å². The molecular weight excluding hydrogens is 338 g/mol. The molecule has 1 aromatic heterocycles. The number of benzene rings is 1. The molecule has 1 N–H and O–H groups in total. The van der Waals surface area contributed by atoms with E-state index in [9.17, 15) is 9.90 Å². The van der Waals surface area contributed by atoms with E-state index in [1.165, 1.54) is 0 Å². The summed E-state index contributed by atoms with van der Waals surface area (Å²) in [7, 11) is 0. The normalized spacial score (nSPS) is 20.1. The lowest BCUT2D eigenvalue weighted by atomic mass is 9.99. The smallest absolute Gasteiger partial charge is 0.258 e. The Morgan fingerprint density at radius 3 is 2.88 bits per heavy atom. The highest BCUT2D eigenvalue weighted by molar-refractivity contribution is 6.30. The van der Waals surface area contributed by atoms with Crippen LogP contribution in [0.25, 0.3) is 0 Å². The summed E-state index contributed by atoms with van der Waals surface area (Å²) < 4.78 is 0. The van der Waals surface area contributed by atoms with Crippen LogP contribution in [-0.2, 0) is 6.42 Å². The Morgan fingerprint density at radius 2 is 2.04 bits per heavy atom. The maximum atomic E-state index is 12.9. The van der Waals surface area contributed by atoms with E-state index in [-0.39, 0.29) is 18.6 Å². The van der Waals surface area contributed by atoms with Crippen LogP contribution in [0, 0.1) is 0 Å². The summed E-state index contributed by atoms with van der Waals surface area (Å²) >= 11 is 6.04. The average Bonchev–Trinajstić information content (AvgIpc) is 3.11. The van der Waals surface area contributed by atoms with Gasteiger partial charge >= 0.3 is 0 Å². The van der Waals surface area contributed by atoms with Crippen LogP contribution in [0.2, 0.25) is 5.02 Å². The number of carbonyl (C=O) groups is 1. The third-order valence-electron chi connectivity index (χ3n) is 5.09. The van der Waals surface area contributed by atoms with Crippen LogP contribution in [0.4, 0.5) is 11.4 Å². The summed E-state index contributed by atoms with van der Waals surface area (Å²) in [5, 5.41) is 10.2. The van der Waals surface area contributed by atoms with Crippen LogP contribution >= 0.6 is 11.6 Å². The van der Waals surface area contributed by atoms with E-state index in [1.54, 1.807) is 29.4 Å². The molecule has 0 spiro atoms. The number of halogens is 1. The third kappa shape index (κ3) is 2.98. The van der Waals surface area contributed by atoms with E-state index in [0.29, 0.717) is 17.1 Å². The number of aliphatic hydroxyl groups is 1. The number of pyridine rings is 1. The van der Waals surface area contributed by atoms with Crippen LogP contribution in [0.1, 0.15) is 28.8 Å². The Bertz CT molecular complexity index is 811. The Labute approximate surface area is 151 Å². The molecule has 0 unspecified atom stereocenters. The molecule has 0 saturated carbocycles. The Morgan fingerprint density at radius 1 is 1.20 bits per heavy atom. The van der Waals surface area contributed by atoms with E-state index >= 15 is 0 Å². The van der Waals surface area contributed by atoms with Crippen LogP contribution in [0.3, 0.4) is 0 Å². The number of anilines is 2. The van der Waals surface area contributed by atoms with Crippen molar-refractivity contribution in [2.45, 2.75) is 25.3 Å². The number of hydrogen-bond acceptors (Lipinski definition) is 4. The van der Waals surface area contributed by atoms with Gasteiger partial charge in [0.1, 0.15) is 0 Å². The van der Waals surface area contributed by atoms with Gasteiger partial charge in [-0.1, -0.05) is 11.6 Å². The second-order valence-corrected chi connectivity index (χ2v) is 7.02. The second kappa shape index (κ2) is 6.65. The largest absolute Gasteiger partial charge is 0.394 e. The summed E-state index contributed by atoms with van der Waals surface area (Å²) in [4.78, 5) is 21.2. The fourth-order valence-corrected chi connectivity index (χ4v) is 3.98. The zero-order chi connectivity index (χ0) is 17.4.